The van der Waals surface area contributed by atoms with Crippen molar-refractivity contribution in [2.24, 2.45) is 0 Å². The lowest BCUT2D eigenvalue weighted by molar-refractivity contribution is 0.0919. The molecule has 0 spiro atoms. The van der Waals surface area contributed by atoms with Crippen molar-refractivity contribution in [2.45, 2.75) is 26.3 Å². The van der Waals surface area contributed by atoms with E-state index in [1.54, 1.807) is 13.1 Å². The zero-order valence-corrected chi connectivity index (χ0v) is 10.6. The van der Waals surface area contributed by atoms with Crippen molar-refractivity contribution in [1.82, 2.24) is 10.3 Å². The molecule has 1 aromatic heterocycles. The number of halogens is 1. The third-order valence-electron chi connectivity index (χ3n) is 1.84. The zero-order valence-electron chi connectivity index (χ0n) is 9.89. The summed E-state index contributed by atoms with van der Waals surface area (Å²) >= 11 is 5.93. The minimum atomic E-state index is -0.288. The van der Waals surface area contributed by atoms with Crippen molar-refractivity contribution in [3.8, 4) is 0 Å². The van der Waals surface area contributed by atoms with Crippen molar-refractivity contribution in [1.29, 1.82) is 0 Å². The van der Waals surface area contributed by atoms with Crippen LogP contribution < -0.4 is 10.6 Å². The van der Waals surface area contributed by atoms with Crippen molar-refractivity contribution in [2.75, 3.05) is 12.4 Å². The molecule has 88 valence electrons. The highest BCUT2D eigenvalue weighted by Crippen LogP contribution is 2.18. The molecular formula is C11H16ClN3O. The van der Waals surface area contributed by atoms with Crippen LogP contribution in [-0.4, -0.2) is 23.5 Å². The van der Waals surface area contributed by atoms with E-state index in [0.717, 1.165) is 0 Å². The van der Waals surface area contributed by atoms with Crippen LogP contribution in [0.1, 0.15) is 31.1 Å². The van der Waals surface area contributed by atoms with Crippen LogP contribution in [0.5, 0.6) is 0 Å². The molecule has 1 amide bonds. The molecule has 0 saturated carbocycles. The molecule has 0 aliphatic carbocycles. The van der Waals surface area contributed by atoms with Gasteiger partial charge >= 0.3 is 0 Å². The Morgan fingerprint density at radius 2 is 2.06 bits per heavy atom. The Labute approximate surface area is 100 Å². The van der Waals surface area contributed by atoms with Crippen LogP contribution >= 0.6 is 11.6 Å². The first-order valence-electron chi connectivity index (χ1n) is 4.99. The number of nitrogens with zero attached hydrogens (tertiary/aromatic N) is 1. The second-order valence-electron chi connectivity index (χ2n) is 4.50. The van der Waals surface area contributed by atoms with Gasteiger partial charge in [0, 0.05) is 18.8 Å². The highest BCUT2D eigenvalue weighted by Gasteiger charge is 2.18. The van der Waals surface area contributed by atoms with Gasteiger partial charge in [0.15, 0.2) is 0 Å². The van der Waals surface area contributed by atoms with Crippen molar-refractivity contribution in [3.63, 3.8) is 0 Å². The number of hydrogen-bond donors (Lipinski definition) is 2. The topological polar surface area (TPSA) is 54.0 Å². The summed E-state index contributed by atoms with van der Waals surface area (Å²) < 4.78 is 0. The molecule has 1 rings (SSSR count). The summed E-state index contributed by atoms with van der Waals surface area (Å²) in [5.41, 5.74) is 0.139. The Balaban J connectivity index is 2.98. The van der Waals surface area contributed by atoms with Gasteiger partial charge in [0.2, 0.25) is 0 Å². The summed E-state index contributed by atoms with van der Waals surface area (Å²) in [6, 6.07) is 1.63. The summed E-state index contributed by atoms with van der Waals surface area (Å²) in [5, 5.41) is 6.06. The van der Waals surface area contributed by atoms with Gasteiger partial charge in [0.25, 0.3) is 5.91 Å². The normalized spacial score (nSPS) is 11.1. The number of aromatic nitrogens is 1. The Bertz CT molecular complexity index is 399. The maximum Gasteiger partial charge on any atom is 0.253 e. The molecule has 16 heavy (non-hydrogen) atoms. The molecule has 0 radical (unpaired) electrons. The zero-order chi connectivity index (χ0) is 12.3. The van der Waals surface area contributed by atoms with Crippen LogP contribution in [0.2, 0.25) is 5.02 Å². The van der Waals surface area contributed by atoms with Gasteiger partial charge in [-0.2, -0.15) is 0 Å². The third-order valence-corrected chi connectivity index (χ3v) is 2.15. The van der Waals surface area contributed by atoms with Gasteiger partial charge in [-0.1, -0.05) is 11.6 Å². The second-order valence-corrected chi connectivity index (χ2v) is 4.91. The lowest BCUT2D eigenvalue weighted by Gasteiger charge is -2.20. The van der Waals surface area contributed by atoms with Gasteiger partial charge in [-0.3, -0.25) is 4.79 Å². The summed E-state index contributed by atoms with van der Waals surface area (Å²) in [7, 11) is 1.74. The summed E-state index contributed by atoms with van der Waals surface area (Å²) in [6.45, 7) is 5.75. The number of carbonyl (C=O) groups excluding carboxylic acids is 1. The number of anilines is 1. The van der Waals surface area contributed by atoms with Crippen LogP contribution in [0.25, 0.3) is 0 Å². The van der Waals surface area contributed by atoms with Crippen LogP contribution in [0.4, 0.5) is 5.82 Å². The summed E-state index contributed by atoms with van der Waals surface area (Å²) in [6.07, 6.45) is 1.46. The summed E-state index contributed by atoms with van der Waals surface area (Å²) in [4.78, 5) is 15.9. The van der Waals surface area contributed by atoms with E-state index in [2.05, 4.69) is 15.6 Å². The fourth-order valence-electron chi connectivity index (χ4n) is 1.16. The van der Waals surface area contributed by atoms with Crippen LogP contribution in [0, 0.1) is 0 Å². The van der Waals surface area contributed by atoms with Gasteiger partial charge in [0.1, 0.15) is 5.82 Å². The second kappa shape index (κ2) is 4.70. The van der Waals surface area contributed by atoms with E-state index >= 15 is 0 Å². The smallest absolute Gasteiger partial charge is 0.253 e. The van der Waals surface area contributed by atoms with Gasteiger partial charge in [-0.15, -0.1) is 0 Å². The first kappa shape index (κ1) is 12.8. The fourth-order valence-corrected chi connectivity index (χ4v) is 1.35. The number of hydrogen-bond acceptors (Lipinski definition) is 3. The molecule has 0 aliphatic rings. The number of carbonyl (C=O) groups is 1. The average molecular weight is 242 g/mol. The Kier molecular flexibility index (Phi) is 3.75. The van der Waals surface area contributed by atoms with Crippen molar-refractivity contribution >= 4 is 23.3 Å². The van der Waals surface area contributed by atoms with E-state index in [1.807, 2.05) is 20.8 Å². The molecule has 2 N–H and O–H groups in total. The molecule has 1 aromatic rings. The van der Waals surface area contributed by atoms with Gasteiger partial charge < -0.3 is 10.6 Å². The molecule has 5 heteroatoms. The lowest BCUT2D eigenvalue weighted by Crippen LogP contribution is -2.40. The van der Waals surface area contributed by atoms with E-state index < -0.39 is 0 Å². The number of nitrogens with one attached hydrogen (secondary N) is 2. The SMILES string of the molecule is CNc1cc(C(=O)NC(C)(C)C)c(Cl)cn1. The van der Waals surface area contributed by atoms with Crippen molar-refractivity contribution in [3.05, 3.63) is 22.8 Å². The molecule has 0 unspecified atom stereocenters. The van der Waals surface area contributed by atoms with Gasteiger partial charge in [-0.25, -0.2) is 4.98 Å². The highest BCUT2D eigenvalue weighted by molar-refractivity contribution is 6.33. The van der Waals surface area contributed by atoms with E-state index in [-0.39, 0.29) is 11.4 Å². The third kappa shape index (κ3) is 3.38. The van der Waals surface area contributed by atoms with Crippen molar-refractivity contribution < 1.29 is 4.79 Å². The maximum atomic E-state index is 11.9. The number of pyridine rings is 1. The Hall–Kier alpha value is -1.29. The van der Waals surface area contributed by atoms with E-state index in [1.165, 1.54) is 6.20 Å². The van der Waals surface area contributed by atoms with Crippen LogP contribution in [-0.2, 0) is 0 Å². The Morgan fingerprint density at radius 1 is 1.44 bits per heavy atom. The van der Waals surface area contributed by atoms with E-state index in [0.29, 0.717) is 16.4 Å². The molecule has 0 bridgehead atoms. The molecule has 0 aromatic carbocycles. The molecular weight excluding hydrogens is 226 g/mol. The van der Waals surface area contributed by atoms with E-state index in [4.69, 9.17) is 11.6 Å². The minimum Gasteiger partial charge on any atom is -0.373 e. The molecule has 0 atom stereocenters. The molecule has 0 saturated heterocycles. The fraction of sp³-hybridized carbons (Fsp3) is 0.455. The quantitative estimate of drug-likeness (QED) is 0.836. The number of rotatable bonds is 2. The molecule has 1 heterocycles. The minimum absolute atomic E-state index is 0.198. The lowest BCUT2D eigenvalue weighted by atomic mass is 10.1. The monoisotopic (exact) mass is 241 g/mol. The van der Waals surface area contributed by atoms with E-state index in [9.17, 15) is 4.79 Å². The predicted molar refractivity (Wildman–Crippen MR) is 66.0 cm³/mol. The standard InChI is InChI=1S/C11H16ClN3O/c1-11(2,3)15-10(16)7-5-9(13-4)14-6-8(7)12/h5-6H,1-4H3,(H,13,14)(H,15,16). The largest absolute Gasteiger partial charge is 0.373 e. The summed E-state index contributed by atoms with van der Waals surface area (Å²) in [5.74, 6) is 0.417. The van der Waals surface area contributed by atoms with Crippen LogP contribution in [0.15, 0.2) is 12.3 Å². The molecule has 4 nitrogen and oxygen atoms in total. The van der Waals surface area contributed by atoms with Gasteiger partial charge in [-0.05, 0) is 26.8 Å². The average Bonchev–Trinajstić information content (AvgIpc) is 2.15. The first-order chi connectivity index (χ1) is 7.33. The maximum absolute atomic E-state index is 11.9. The predicted octanol–water partition coefficient (Wildman–Crippen LogP) is 2.31. The number of amides is 1. The van der Waals surface area contributed by atoms with Crippen LogP contribution in [0.3, 0.4) is 0 Å². The molecule has 0 aliphatic heterocycles. The molecule has 0 fully saturated rings. The van der Waals surface area contributed by atoms with Gasteiger partial charge in [0.05, 0.1) is 10.6 Å². The Morgan fingerprint density at radius 3 is 2.56 bits per heavy atom. The first-order valence-corrected chi connectivity index (χ1v) is 5.37. The highest BCUT2D eigenvalue weighted by atomic mass is 35.5.